The van der Waals surface area contributed by atoms with Crippen molar-refractivity contribution in [1.82, 2.24) is 14.1 Å². The molecule has 0 radical (unpaired) electrons. The summed E-state index contributed by atoms with van der Waals surface area (Å²) in [5.41, 5.74) is 1.04. The van der Waals surface area contributed by atoms with Crippen LogP contribution in [0.2, 0.25) is 0 Å². The highest BCUT2D eigenvalue weighted by molar-refractivity contribution is 7.89. The molecular weight excluding hydrogens is 338 g/mol. The van der Waals surface area contributed by atoms with Crippen molar-refractivity contribution >= 4 is 15.9 Å². The Bertz CT molecular complexity index is 689. The molecule has 2 fully saturated rings. The molecule has 0 spiro atoms. The van der Waals surface area contributed by atoms with E-state index in [1.54, 1.807) is 12.1 Å². The van der Waals surface area contributed by atoms with Gasteiger partial charge in [0.15, 0.2) is 0 Å². The lowest BCUT2D eigenvalue weighted by atomic mass is 10.1. The third-order valence-electron chi connectivity index (χ3n) is 5.06. The maximum absolute atomic E-state index is 12.7. The number of carbonyl (C=O) groups excluding carboxylic acids is 1. The van der Waals surface area contributed by atoms with E-state index in [9.17, 15) is 13.2 Å². The van der Waals surface area contributed by atoms with Crippen LogP contribution in [-0.4, -0.2) is 74.2 Å². The van der Waals surface area contributed by atoms with Crippen molar-refractivity contribution in [3.8, 4) is 0 Å². The minimum atomic E-state index is -3.44. The fraction of sp³-hybridized carbons (Fsp3) is 0.611. The molecule has 3 rings (SSSR count). The van der Waals surface area contributed by atoms with Crippen molar-refractivity contribution < 1.29 is 13.2 Å². The van der Waals surface area contributed by atoms with Crippen molar-refractivity contribution in [3.05, 3.63) is 29.8 Å². The lowest BCUT2D eigenvalue weighted by molar-refractivity contribution is -0.133. The highest BCUT2D eigenvalue weighted by atomic mass is 32.2. The summed E-state index contributed by atoms with van der Waals surface area (Å²) >= 11 is 0. The number of nitrogens with zero attached hydrogens (tertiary/aromatic N) is 3. The van der Waals surface area contributed by atoms with Crippen molar-refractivity contribution in [1.29, 1.82) is 0 Å². The quantitative estimate of drug-likeness (QED) is 0.807. The van der Waals surface area contributed by atoms with E-state index < -0.39 is 10.0 Å². The number of piperazine rings is 1. The largest absolute Gasteiger partial charge is 0.342 e. The summed E-state index contributed by atoms with van der Waals surface area (Å²) < 4.78 is 26.9. The van der Waals surface area contributed by atoms with Crippen LogP contribution in [0.4, 0.5) is 0 Å². The average molecular weight is 365 g/mol. The summed E-state index contributed by atoms with van der Waals surface area (Å²) in [6.45, 7) is 6.14. The highest BCUT2D eigenvalue weighted by Crippen LogP contribution is 2.18. The van der Waals surface area contributed by atoms with Crippen LogP contribution in [0, 0.1) is 6.92 Å². The zero-order valence-electron chi connectivity index (χ0n) is 14.9. The molecule has 1 aromatic rings. The second-order valence-corrected chi connectivity index (χ2v) is 8.87. The van der Waals surface area contributed by atoms with Gasteiger partial charge in [0.05, 0.1) is 11.4 Å². The first-order chi connectivity index (χ1) is 12.0. The van der Waals surface area contributed by atoms with E-state index in [1.807, 2.05) is 24.0 Å². The Morgan fingerprint density at radius 2 is 1.52 bits per heavy atom. The van der Waals surface area contributed by atoms with E-state index in [0.717, 1.165) is 31.5 Å². The summed E-state index contributed by atoms with van der Waals surface area (Å²) in [5, 5.41) is 0. The molecule has 1 amide bonds. The molecular formula is C18H27N3O3S. The van der Waals surface area contributed by atoms with Crippen LogP contribution in [0.15, 0.2) is 29.2 Å². The Balaban J connectivity index is 1.54. The number of hydrogen-bond donors (Lipinski definition) is 0. The fourth-order valence-electron chi connectivity index (χ4n) is 3.42. The fourth-order valence-corrected chi connectivity index (χ4v) is 4.84. The molecule has 7 heteroatoms. The van der Waals surface area contributed by atoms with Gasteiger partial charge in [-0.1, -0.05) is 17.7 Å². The first-order valence-corrected chi connectivity index (χ1v) is 10.5. The normalized spacial score (nSPS) is 20.6. The lowest BCUT2D eigenvalue weighted by Crippen LogP contribution is -2.51. The molecule has 25 heavy (non-hydrogen) atoms. The average Bonchev–Trinajstić information content (AvgIpc) is 2.63. The Hall–Kier alpha value is -1.44. The molecule has 0 saturated carbocycles. The summed E-state index contributed by atoms with van der Waals surface area (Å²) in [5.74, 6) is 0.176. The molecule has 0 bridgehead atoms. The van der Waals surface area contributed by atoms with Gasteiger partial charge in [-0.2, -0.15) is 4.31 Å². The number of amides is 1. The van der Waals surface area contributed by atoms with Gasteiger partial charge in [0.25, 0.3) is 0 Å². The van der Waals surface area contributed by atoms with Gasteiger partial charge >= 0.3 is 0 Å². The number of likely N-dealkylation sites (tertiary alicyclic amines) is 1. The smallest absolute Gasteiger partial charge is 0.243 e. The van der Waals surface area contributed by atoms with Crippen molar-refractivity contribution in [2.24, 2.45) is 0 Å². The molecule has 138 valence electrons. The maximum Gasteiger partial charge on any atom is 0.243 e. The van der Waals surface area contributed by atoms with Gasteiger partial charge in [-0.15, -0.1) is 0 Å². The minimum Gasteiger partial charge on any atom is -0.342 e. The molecule has 0 atom stereocenters. The van der Waals surface area contributed by atoms with E-state index in [4.69, 9.17) is 0 Å². The highest BCUT2D eigenvalue weighted by Gasteiger charge is 2.29. The van der Waals surface area contributed by atoms with Crippen molar-refractivity contribution in [2.45, 2.75) is 31.1 Å². The molecule has 0 aliphatic carbocycles. The Kier molecular flexibility index (Phi) is 5.76. The Labute approximate surface area is 150 Å². The third-order valence-corrected chi connectivity index (χ3v) is 6.97. The van der Waals surface area contributed by atoms with Crippen LogP contribution in [0.1, 0.15) is 24.8 Å². The van der Waals surface area contributed by atoms with Gasteiger partial charge in [0, 0.05) is 39.3 Å². The second-order valence-electron chi connectivity index (χ2n) is 6.93. The number of carbonyl (C=O) groups is 1. The molecule has 2 heterocycles. The van der Waals surface area contributed by atoms with Crippen LogP contribution < -0.4 is 0 Å². The van der Waals surface area contributed by atoms with E-state index in [2.05, 4.69) is 4.90 Å². The predicted octanol–water partition coefficient (Wildman–Crippen LogP) is 1.31. The van der Waals surface area contributed by atoms with E-state index in [1.165, 1.54) is 10.7 Å². The van der Waals surface area contributed by atoms with Gasteiger partial charge in [0.1, 0.15) is 0 Å². The first-order valence-electron chi connectivity index (χ1n) is 9.04. The zero-order chi connectivity index (χ0) is 17.9. The Morgan fingerprint density at radius 3 is 2.12 bits per heavy atom. The van der Waals surface area contributed by atoms with E-state index in [-0.39, 0.29) is 5.91 Å². The van der Waals surface area contributed by atoms with Gasteiger partial charge in [0.2, 0.25) is 15.9 Å². The zero-order valence-corrected chi connectivity index (χ0v) is 15.7. The molecule has 0 unspecified atom stereocenters. The maximum atomic E-state index is 12.7. The van der Waals surface area contributed by atoms with Gasteiger partial charge in [-0.05, 0) is 38.3 Å². The predicted molar refractivity (Wildman–Crippen MR) is 96.8 cm³/mol. The van der Waals surface area contributed by atoms with Crippen molar-refractivity contribution in [3.63, 3.8) is 0 Å². The molecule has 2 saturated heterocycles. The number of aryl methyl sites for hydroxylation is 1. The van der Waals surface area contributed by atoms with E-state index >= 15 is 0 Å². The lowest BCUT2D eigenvalue weighted by Gasteiger charge is -2.35. The number of rotatable bonds is 4. The molecule has 2 aliphatic rings. The minimum absolute atomic E-state index is 0.176. The summed E-state index contributed by atoms with van der Waals surface area (Å²) in [7, 11) is -3.44. The van der Waals surface area contributed by atoms with Crippen LogP contribution in [0.25, 0.3) is 0 Å². The number of hydrogen-bond acceptors (Lipinski definition) is 4. The van der Waals surface area contributed by atoms with Gasteiger partial charge < -0.3 is 4.90 Å². The summed E-state index contributed by atoms with van der Waals surface area (Å²) in [4.78, 5) is 16.7. The van der Waals surface area contributed by atoms with Crippen LogP contribution in [0.3, 0.4) is 0 Å². The molecule has 0 N–H and O–H groups in total. The first kappa shape index (κ1) is 18.4. The summed E-state index contributed by atoms with van der Waals surface area (Å²) in [6.07, 6.45) is 3.39. The van der Waals surface area contributed by atoms with Crippen LogP contribution in [0.5, 0.6) is 0 Å². The second kappa shape index (κ2) is 7.85. The molecule has 2 aliphatic heterocycles. The molecule has 1 aromatic carbocycles. The van der Waals surface area contributed by atoms with E-state index in [0.29, 0.717) is 37.6 Å². The number of sulfonamides is 1. The standard InChI is InChI=1S/C18H27N3O3S/c1-16-5-7-17(8-6-16)25(23,24)21-13-11-19(12-14-21)15-18(22)20-9-3-2-4-10-20/h5-8H,2-4,9-15H2,1H3. The van der Waals surface area contributed by atoms with Gasteiger partial charge in [-0.3, -0.25) is 9.69 Å². The van der Waals surface area contributed by atoms with Crippen LogP contribution >= 0.6 is 0 Å². The monoisotopic (exact) mass is 365 g/mol. The third kappa shape index (κ3) is 4.40. The number of piperidine rings is 1. The Morgan fingerprint density at radius 1 is 0.920 bits per heavy atom. The van der Waals surface area contributed by atoms with Crippen molar-refractivity contribution in [2.75, 3.05) is 45.8 Å². The number of benzene rings is 1. The SMILES string of the molecule is Cc1ccc(S(=O)(=O)N2CCN(CC(=O)N3CCCCC3)CC2)cc1. The van der Waals surface area contributed by atoms with Crippen LogP contribution in [-0.2, 0) is 14.8 Å². The summed E-state index contributed by atoms with van der Waals surface area (Å²) in [6, 6.07) is 6.97. The topological polar surface area (TPSA) is 60.9 Å². The van der Waals surface area contributed by atoms with Gasteiger partial charge in [-0.25, -0.2) is 8.42 Å². The molecule has 0 aromatic heterocycles. The molecule has 6 nitrogen and oxygen atoms in total.